The molecule has 0 saturated carbocycles. The van der Waals surface area contributed by atoms with Crippen LogP contribution in [0.2, 0.25) is 0 Å². The van der Waals surface area contributed by atoms with Crippen LogP contribution in [0.25, 0.3) is 0 Å². The Morgan fingerprint density at radius 2 is 1.93 bits per heavy atom. The third kappa shape index (κ3) is 3.43. The van der Waals surface area contributed by atoms with Crippen LogP contribution in [0.15, 0.2) is 48.4 Å². The molecule has 1 N–H and O–H groups in total. The maximum atomic E-state index is 12.5. The fourth-order valence-electron chi connectivity index (χ4n) is 3.54. The van der Waals surface area contributed by atoms with E-state index in [9.17, 15) is 14.4 Å². The normalized spacial score (nSPS) is 16.0. The van der Waals surface area contributed by atoms with Crippen molar-refractivity contribution in [2.45, 2.75) is 32.1 Å². The lowest BCUT2D eigenvalue weighted by molar-refractivity contribution is 0.0922. The van der Waals surface area contributed by atoms with Gasteiger partial charge in [0.1, 0.15) is 12.0 Å². The van der Waals surface area contributed by atoms with Gasteiger partial charge >= 0.3 is 0 Å². The van der Waals surface area contributed by atoms with Crippen molar-refractivity contribution in [2.24, 2.45) is 0 Å². The van der Waals surface area contributed by atoms with Crippen molar-refractivity contribution in [3.63, 3.8) is 0 Å². The highest BCUT2D eigenvalue weighted by molar-refractivity contribution is 6.33. The van der Waals surface area contributed by atoms with E-state index >= 15 is 0 Å². The molecule has 1 aliphatic carbocycles. The topological polar surface area (TPSA) is 92.3 Å². The van der Waals surface area contributed by atoms with Crippen molar-refractivity contribution < 1.29 is 14.4 Å². The van der Waals surface area contributed by atoms with Crippen molar-refractivity contribution in [3.05, 3.63) is 65.3 Å². The summed E-state index contributed by atoms with van der Waals surface area (Å²) < 4.78 is 0. The molecule has 0 atom stereocenters. The Hall–Kier alpha value is -3.35. The number of carbonyl (C=O) groups is 3. The molecule has 1 aromatic carbocycles. The van der Waals surface area contributed by atoms with Crippen LogP contribution in [-0.4, -0.2) is 34.2 Å². The molecule has 7 nitrogen and oxygen atoms in total. The number of benzene rings is 1. The van der Waals surface area contributed by atoms with Gasteiger partial charge in [-0.3, -0.25) is 14.4 Å². The summed E-state index contributed by atoms with van der Waals surface area (Å²) in [7, 11) is 0. The molecule has 3 amide bonds. The summed E-state index contributed by atoms with van der Waals surface area (Å²) in [5, 5.41) is 2.92. The van der Waals surface area contributed by atoms with Gasteiger partial charge in [-0.25, -0.2) is 14.9 Å². The van der Waals surface area contributed by atoms with Crippen LogP contribution >= 0.6 is 0 Å². The highest BCUT2D eigenvalue weighted by atomic mass is 16.2. The van der Waals surface area contributed by atoms with Crippen molar-refractivity contribution in [1.82, 2.24) is 15.3 Å². The average molecular weight is 376 g/mol. The summed E-state index contributed by atoms with van der Waals surface area (Å²) in [6, 6.07) is 6.40. The first-order valence-corrected chi connectivity index (χ1v) is 9.40. The van der Waals surface area contributed by atoms with Crippen molar-refractivity contribution in [1.29, 1.82) is 0 Å². The van der Waals surface area contributed by atoms with Gasteiger partial charge in [0, 0.05) is 18.3 Å². The summed E-state index contributed by atoms with van der Waals surface area (Å²) in [5.41, 5.74) is 2.58. The number of rotatable bonds is 5. The Kier molecular flexibility index (Phi) is 4.97. The number of fused-ring (bicyclic) bond motifs is 1. The Morgan fingerprint density at radius 1 is 1.11 bits per heavy atom. The number of hydrogen-bond donors (Lipinski definition) is 1. The molecule has 2 aliphatic rings. The summed E-state index contributed by atoms with van der Waals surface area (Å²) in [6.45, 7) is 0.601. The number of carbonyl (C=O) groups excluding carboxylic acids is 3. The third-order valence-corrected chi connectivity index (χ3v) is 5.06. The van der Waals surface area contributed by atoms with Crippen LogP contribution in [0, 0.1) is 0 Å². The first kappa shape index (κ1) is 18.0. The predicted molar refractivity (Wildman–Crippen MR) is 103 cm³/mol. The van der Waals surface area contributed by atoms with Gasteiger partial charge in [0.25, 0.3) is 17.7 Å². The summed E-state index contributed by atoms with van der Waals surface area (Å²) >= 11 is 0. The lowest BCUT2D eigenvalue weighted by Crippen LogP contribution is -2.29. The number of amides is 3. The van der Waals surface area contributed by atoms with Crippen molar-refractivity contribution in [3.8, 4) is 0 Å². The molecule has 2 heterocycles. The van der Waals surface area contributed by atoms with Gasteiger partial charge in [-0.2, -0.15) is 0 Å². The third-order valence-electron chi connectivity index (χ3n) is 5.06. The number of anilines is 1. The minimum atomic E-state index is -0.486. The molecule has 1 aromatic heterocycles. The van der Waals surface area contributed by atoms with E-state index in [4.69, 9.17) is 0 Å². The van der Waals surface area contributed by atoms with E-state index in [1.54, 1.807) is 24.3 Å². The number of imide groups is 1. The van der Waals surface area contributed by atoms with E-state index in [0.29, 0.717) is 17.8 Å². The first-order valence-electron chi connectivity index (χ1n) is 9.40. The molecule has 142 valence electrons. The molecular formula is C21H20N4O3. The Labute approximate surface area is 162 Å². The smallest absolute Gasteiger partial charge is 0.284 e. The fraction of sp³-hybridized carbons (Fsp3) is 0.286. The summed E-state index contributed by atoms with van der Waals surface area (Å²) in [6.07, 6.45) is 10.5. The molecule has 2 aromatic rings. The lowest BCUT2D eigenvalue weighted by atomic mass is 9.97. The molecular weight excluding hydrogens is 356 g/mol. The van der Waals surface area contributed by atoms with Crippen LogP contribution in [-0.2, 0) is 0 Å². The standard InChI is InChI=1S/C21H20N4O3/c26-19(23-11-10-14-4-2-1-3-5-14)15-6-8-16(9-7-15)25-20(27)17-12-22-13-24-18(17)21(25)28/h4,6-9,12-13H,1-3,5,10-11H2,(H,23,26). The number of hydrogen-bond acceptors (Lipinski definition) is 5. The maximum absolute atomic E-state index is 12.5. The second-order valence-electron chi connectivity index (χ2n) is 6.89. The summed E-state index contributed by atoms with van der Waals surface area (Å²) in [4.78, 5) is 46.0. The fourth-order valence-corrected chi connectivity index (χ4v) is 3.54. The van der Waals surface area contributed by atoms with Crippen LogP contribution in [0.1, 0.15) is 63.3 Å². The van der Waals surface area contributed by atoms with E-state index in [1.807, 2.05) is 0 Å². The molecule has 0 unspecified atom stereocenters. The van der Waals surface area contributed by atoms with Gasteiger partial charge in [-0.15, -0.1) is 0 Å². The quantitative estimate of drug-likeness (QED) is 0.640. The van der Waals surface area contributed by atoms with Crippen LogP contribution < -0.4 is 10.2 Å². The lowest BCUT2D eigenvalue weighted by Gasteiger charge is -2.14. The van der Waals surface area contributed by atoms with Crippen LogP contribution in [0.3, 0.4) is 0 Å². The minimum absolute atomic E-state index is 0.0961. The zero-order valence-corrected chi connectivity index (χ0v) is 15.4. The van der Waals surface area contributed by atoms with E-state index in [1.165, 1.54) is 30.9 Å². The van der Waals surface area contributed by atoms with Gasteiger partial charge in [0.15, 0.2) is 0 Å². The van der Waals surface area contributed by atoms with Gasteiger partial charge < -0.3 is 5.32 Å². The Bertz CT molecular complexity index is 931. The second kappa shape index (κ2) is 7.72. The molecule has 0 radical (unpaired) electrons. The van der Waals surface area contributed by atoms with E-state index in [-0.39, 0.29) is 17.2 Å². The molecule has 0 saturated heterocycles. The predicted octanol–water partition coefficient (Wildman–Crippen LogP) is 2.90. The monoisotopic (exact) mass is 376 g/mol. The number of aromatic nitrogens is 2. The Morgan fingerprint density at radius 3 is 2.64 bits per heavy atom. The van der Waals surface area contributed by atoms with E-state index in [0.717, 1.165) is 24.2 Å². The molecule has 1 aliphatic heterocycles. The number of allylic oxidation sites excluding steroid dienone is 1. The van der Waals surface area contributed by atoms with Crippen LogP contribution in [0.5, 0.6) is 0 Å². The largest absolute Gasteiger partial charge is 0.352 e. The van der Waals surface area contributed by atoms with E-state index < -0.39 is 11.8 Å². The zero-order valence-electron chi connectivity index (χ0n) is 15.4. The molecule has 0 bridgehead atoms. The molecule has 7 heteroatoms. The highest BCUT2D eigenvalue weighted by Gasteiger charge is 2.38. The number of nitrogens with zero attached hydrogens (tertiary/aromatic N) is 3. The maximum Gasteiger partial charge on any atom is 0.284 e. The molecule has 28 heavy (non-hydrogen) atoms. The van der Waals surface area contributed by atoms with Crippen LogP contribution in [0.4, 0.5) is 5.69 Å². The van der Waals surface area contributed by atoms with Gasteiger partial charge in [-0.05, 0) is 56.4 Å². The highest BCUT2D eigenvalue weighted by Crippen LogP contribution is 2.26. The number of nitrogens with one attached hydrogen (secondary N) is 1. The second-order valence-corrected chi connectivity index (χ2v) is 6.89. The average Bonchev–Trinajstić information content (AvgIpc) is 2.99. The molecule has 0 fully saturated rings. The van der Waals surface area contributed by atoms with Crippen molar-refractivity contribution in [2.75, 3.05) is 11.4 Å². The molecule has 4 rings (SSSR count). The van der Waals surface area contributed by atoms with Crippen molar-refractivity contribution >= 4 is 23.4 Å². The van der Waals surface area contributed by atoms with Gasteiger partial charge in [0.2, 0.25) is 0 Å². The van der Waals surface area contributed by atoms with E-state index in [2.05, 4.69) is 21.4 Å². The molecule has 0 spiro atoms. The summed E-state index contributed by atoms with van der Waals surface area (Å²) in [5.74, 6) is -1.12. The zero-order chi connectivity index (χ0) is 19.5. The van der Waals surface area contributed by atoms with Gasteiger partial charge in [-0.1, -0.05) is 11.6 Å². The Balaban J connectivity index is 1.40. The minimum Gasteiger partial charge on any atom is -0.352 e. The van der Waals surface area contributed by atoms with Gasteiger partial charge in [0.05, 0.1) is 11.3 Å². The SMILES string of the molecule is O=C(NCCC1=CCCCC1)c1ccc(N2C(=O)c3cncnc3C2=O)cc1. The first-order chi connectivity index (χ1) is 13.6.